The molecule has 7 heteroatoms. The molecule has 1 aromatic heterocycles. The quantitative estimate of drug-likeness (QED) is 0.205. The van der Waals surface area contributed by atoms with Gasteiger partial charge >= 0.3 is 5.97 Å². The summed E-state index contributed by atoms with van der Waals surface area (Å²) < 4.78 is 33.4. The maximum atomic E-state index is 13.5. The Morgan fingerprint density at radius 3 is 2.14 bits per heavy atom. The molecule has 0 spiro atoms. The lowest BCUT2D eigenvalue weighted by Gasteiger charge is -2.17. The highest BCUT2D eigenvalue weighted by atomic mass is 32.2. The van der Waals surface area contributed by atoms with Gasteiger partial charge in [-0.3, -0.25) is 4.79 Å². The van der Waals surface area contributed by atoms with Crippen molar-refractivity contribution in [2.75, 3.05) is 0 Å². The van der Waals surface area contributed by atoms with Crippen LogP contribution in [-0.4, -0.2) is 29.7 Å². The molecule has 0 N–H and O–H groups in total. The van der Waals surface area contributed by atoms with Gasteiger partial charge in [-0.15, -0.1) is 0 Å². The van der Waals surface area contributed by atoms with Gasteiger partial charge in [0.25, 0.3) is 10.0 Å². The topological polar surface area (TPSA) is 82.4 Å². The van der Waals surface area contributed by atoms with Crippen LogP contribution in [0, 0.1) is 0 Å². The summed E-state index contributed by atoms with van der Waals surface area (Å²) in [7, 11) is -4.01. The minimum absolute atomic E-state index is 0.0482. The average molecular weight is 488 g/mol. The number of fused-ring (bicyclic) bond motifs is 1. The largest absolute Gasteiger partial charge is 0.457 e. The molecule has 0 amide bonds. The second kappa shape index (κ2) is 9.35. The Labute approximate surface area is 204 Å². The summed E-state index contributed by atoms with van der Waals surface area (Å²) in [5.74, 6) is -0.892. The second-order valence-corrected chi connectivity index (χ2v) is 10.8. The molecule has 0 radical (unpaired) electrons. The van der Waals surface area contributed by atoms with Gasteiger partial charge in [0.1, 0.15) is 11.3 Å². The van der Waals surface area contributed by atoms with Crippen LogP contribution >= 0.6 is 0 Å². The van der Waals surface area contributed by atoms with Gasteiger partial charge in [0.2, 0.25) is 5.78 Å². The number of para-hydroxylation sites is 1. The van der Waals surface area contributed by atoms with Crippen LogP contribution in [0.3, 0.4) is 0 Å². The summed E-state index contributed by atoms with van der Waals surface area (Å²) in [5.41, 5.74) is 0.913. The van der Waals surface area contributed by atoms with Crippen molar-refractivity contribution < 1.29 is 22.7 Å². The van der Waals surface area contributed by atoms with Crippen LogP contribution in [0.4, 0.5) is 0 Å². The molecule has 1 heterocycles. The third-order valence-electron chi connectivity index (χ3n) is 5.17. The molecule has 4 aromatic rings. The number of benzene rings is 3. The van der Waals surface area contributed by atoms with Gasteiger partial charge in [-0.05, 0) is 56.7 Å². The van der Waals surface area contributed by atoms with E-state index in [0.29, 0.717) is 22.0 Å². The first-order valence-electron chi connectivity index (χ1n) is 11.0. The Balaban J connectivity index is 1.70. The number of hydrogen-bond acceptors (Lipinski definition) is 5. The molecule has 4 rings (SSSR count). The number of hydrogen-bond donors (Lipinski definition) is 0. The van der Waals surface area contributed by atoms with Gasteiger partial charge in [0, 0.05) is 17.0 Å². The maximum absolute atomic E-state index is 13.5. The number of ether oxygens (including phenoxy) is 1. The Bertz CT molecular complexity index is 1520. The Morgan fingerprint density at radius 1 is 0.857 bits per heavy atom. The van der Waals surface area contributed by atoms with Crippen LogP contribution in [0.2, 0.25) is 0 Å². The second-order valence-electron chi connectivity index (χ2n) is 8.99. The van der Waals surface area contributed by atoms with Gasteiger partial charge in [-0.2, -0.15) is 0 Å². The molecule has 0 bridgehead atoms. The summed E-state index contributed by atoms with van der Waals surface area (Å²) in [6.07, 6.45) is 2.92. The molecule has 35 heavy (non-hydrogen) atoms. The first-order valence-corrected chi connectivity index (χ1v) is 12.5. The fraction of sp³-hybridized carbons (Fsp3) is 0.143. The number of ketones is 1. The van der Waals surface area contributed by atoms with Gasteiger partial charge in [-0.25, -0.2) is 17.2 Å². The molecular weight excluding hydrogens is 462 g/mol. The summed E-state index contributed by atoms with van der Waals surface area (Å²) in [6, 6.07) is 23.2. The number of carbonyl (C=O) groups is 2. The van der Waals surface area contributed by atoms with Gasteiger partial charge < -0.3 is 4.74 Å². The number of esters is 1. The first kappa shape index (κ1) is 24.2. The molecule has 0 saturated carbocycles. The average Bonchev–Trinajstić information content (AvgIpc) is 3.22. The van der Waals surface area contributed by atoms with Gasteiger partial charge in [0.05, 0.1) is 10.4 Å². The lowest BCUT2D eigenvalue weighted by molar-refractivity contribution is -0.148. The molecule has 0 aliphatic carbocycles. The zero-order valence-corrected chi connectivity index (χ0v) is 20.5. The highest BCUT2D eigenvalue weighted by Gasteiger charge is 2.26. The molecular formula is C28H25NO5S. The van der Waals surface area contributed by atoms with E-state index in [9.17, 15) is 18.0 Å². The Morgan fingerprint density at radius 2 is 1.49 bits per heavy atom. The minimum Gasteiger partial charge on any atom is -0.457 e. The number of rotatable bonds is 6. The monoisotopic (exact) mass is 487 g/mol. The molecule has 6 nitrogen and oxygen atoms in total. The van der Waals surface area contributed by atoms with Crippen LogP contribution in [-0.2, 0) is 19.6 Å². The molecule has 0 aliphatic heterocycles. The van der Waals surface area contributed by atoms with E-state index in [-0.39, 0.29) is 10.6 Å². The number of nitrogens with zero attached hydrogens (tertiary/aromatic N) is 1. The van der Waals surface area contributed by atoms with Crippen molar-refractivity contribution >= 4 is 38.8 Å². The van der Waals surface area contributed by atoms with E-state index in [1.807, 2.05) is 0 Å². The first-order chi connectivity index (χ1) is 16.6. The van der Waals surface area contributed by atoms with Crippen LogP contribution < -0.4 is 0 Å². The van der Waals surface area contributed by atoms with E-state index in [0.717, 1.165) is 3.97 Å². The van der Waals surface area contributed by atoms with E-state index in [1.54, 1.807) is 99.6 Å². The normalized spacial score (nSPS) is 12.2. The Hall–Kier alpha value is -3.97. The molecule has 178 valence electrons. The van der Waals surface area contributed by atoms with E-state index < -0.39 is 27.4 Å². The minimum atomic E-state index is -4.01. The molecule has 3 aromatic carbocycles. The van der Waals surface area contributed by atoms with Crippen LogP contribution in [0.25, 0.3) is 17.0 Å². The highest BCUT2D eigenvalue weighted by molar-refractivity contribution is 7.90. The van der Waals surface area contributed by atoms with Gasteiger partial charge in [-0.1, -0.05) is 60.7 Å². The molecule has 0 unspecified atom stereocenters. The summed E-state index contributed by atoms with van der Waals surface area (Å²) in [4.78, 5) is 25.5. The lowest BCUT2D eigenvalue weighted by Crippen LogP contribution is -2.22. The van der Waals surface area contributed by atoms with Crippen molar-refractivity contribution in [3.63, 3.8) is 0 Å². The fourth-order valence-corrected chi connectivity index (χ4v) is 5.17. The van der Waals surface area contributed by atoms with E-state index in [2.05, 4.69) is 0 Å². The maximum Gasteiger partial charge on any atom is 0.331 e. The predicted octanol–water partition coefficient (Wildman–Crippen LogP) is 5.46. The third-order valence-corrected chi connectivity index (χ3v) is 6.91. The highest BCUT2D eigenvalue weighted by Crippen LogP contribution is 2.27. The molecule has 0 atom stereocenters. The van der Waals surface area contributed by atoms with Crippen LogP contribution in [0.5, 0.6) is 0 Å². The van der Waals surface area contributed by atoms with Crippen molar-refractivity contribution in [2.24, 2.45) is 0 Å². The standard InChI is InChI=1S/C28H25NO5S/c1-28(2,3)34-26(30)18-15-20-13-16-21(17-14-20)27(31)25-19-22-9-7-8-12-24(22)29(25)35(32,33)23-10-5-4-6-11-23/h4-19H,1-3H3/b18-15+. The summed E-state index contributed by atoms with van der Waals surface area (Å²) in [6.45, 7) is 5.36. The van der Waals surface area contributed by atoms with E-state index >= 15 is 0 Å². The number of aromatic nitrogens is 1. The van der Waals surface area contributed by atoms with E-state index in [1.165, 1.54) is 18.2 Å². The molecule has 0 fully saturated rings. The SMILES string of the molecule is CC(C)(C)OC(=O)/C=C/c1ccc(C(=O)c2cc3ccccc3n2S(=O)(=O)c2ccccc2)cc1. The van der Waals surface area contributed by atoms with Gasteiger partial charge in [0.15, 0.2) is 0 Å². The van der Waals surface area contributed by atoms with Crippen LogP contribution in [0.1, 0.15) is 42.4 Å². The zero-order valence-electron chi connectivity index (χ0n) is 19.6. The fourth-order valence-electron chi connectivity index (χ4n) is 3.64. The third kappa shape index (κ3) is 5.25. The zero-order chi connectivity index (χ0) is 25.2. The predicted molar refractivity (Wildman–Crippen MR) is 136 cm³/mol. The Kier molecular flexibility index (Phi) is 6.45. The van der Waals surface area contributed by atoms with Crippen molar-refractivity contribution in [1.82, 2.24) is 3.97 Å². The van der Waals surface area contributed by atoms with Crippen molar-refractivity contribution in [3.8, 4) is 0 Å². The smallest absolute Gasteiger partial charge is 0.331 e. The molecule has 0 saturated heterocycles. The van der Waals surface area contributed by atoms with E-state index in [4.69, 9.17) is 4.74 Å². The van der Waals surface area contributed by atoms with Crippen molar-refractivity contribution in [2.45, 2.75) is 31.3 Å². The number of carbonyl (C=O) groups excluding carboxylic acids is 2. The summed E-state index contributed by atoms with van der Waals surface area (Å²) in [5, 5.41) is 0.646. The van der Waals surface area contributed by atoms with Crippen molar-refractivity contribution in [3.05, 3.63) is 108 Å². The van der Waals surface area contributed by atoms with Crippen LogP contribution in [0.15, 0.2) is 95.9 Å². The summed E-state index contributed by atoms with van der Waals surface area (Å²) >= 11 is 0. The van der Waals surface area contributed by atoms with Crippen molar-refractivity contribution in [1.29, 1.82) is 0 Å². The lowest BCUT2D eigenvalue weighted by atomic mass is 10.1. The molecule has 0 aliphatic rings.